The van der Waals surface area contributed by atoms with E-state index in [1.807, 2.05) is 24.3 Å². The van der Waals surface area contributed by atoms with E-state index >= 15 is 0 Å². The molecule has 2 aromatic rings. The van der Waals surface area contributed by atoms with Gasteiger partial charge < -0.3 is 10.6 Å². The molecule has 5 heteroatoms. The molecule has 0 aliphatic carbocycles. The van der Waals surface area contributed by atoms with Crippen LogP contribution in [0.25, 0.3) is 10.4 Å². The summed E-state index contributed by atoms with van der Waals surface area (Å²) in [5, 5.41) is 8.52. The fraction of sp³-hybridized carbons (Fsp3) is 0.353. The Morgan fingerprint density at radius 3 is 2.91 bits per heavy atom. The zero-order valence-corrected chi connectivity index (χ0v) is 14.2. The summed E-state index contributed by atoms with van der Waals surface area (Å²) in [5.41, 5.74) is 2.04. The highest BCUT2D eigenvalue weighted by Gasteiger charge is 2.24. The lowest BCUT2D eigenvalue weighted by atomic mass is 9.92. The molecule has 1 aliphatic heterocycles. The van der Waals surface area contributed by atoms with Gasteiger partial charge in [-0.25, -0.2) is 0 Å². The van der Waals surface area contributed by atoms with Gasteiger partial charge in [-0.2, -0.15) is 0 Å². The fourth-order valence-corrected chi connectivity index (χ4v) is 3.53. The molecular formula is C17H21ClN2OS. The highest BCUT2D eigenvalue weighted by Crippen LogP contribution is 2.27. The predicted octanol–water partition coefficient (Wildman–Crippen LogP) is 4.16. The second-order valence-electron chi connectivity index (χ2n) is 5.62. The second kappa shape index (κ2) is 7.77. The number of benzene rings is 1. The molecule has 1 aliphatic rings. The van der Waals surface area contributed by atoms with E-state index < -0.39 is 0 Å². The lowest BCUT2D eigenvalue weighted by Crippen LogP contribution is -2.40. The van der Waals surface area contributed by atoms with Gasteiger partial charge in [-0.1, -0.05) is 18.2 Å². The van der Waals surface area contributed by atoms with Gasteiger partial charge in [-0.15, -0.1) is 23.7 Å². The Labute approximate surface area is 141 Å². The van der Waals surface area contributed by atoms with E-state index in [9.17, 15) is 4.79 Å². The maximum Gasteiger partial charge on any atom is 0.227 e. The Bertz CT molecular complexity index is 615. The quantitative estimate of drug-likeness (QED) is 0.883. The first-order valence-electron chi connectivity index (χ1n) is 7.40. The van der Waals surface area contributed by atoms with Crippen LogP contribution in [0.5, 0.6) is 0 Å². The predicted molar refractivity (Wildman–Crippen MR) is 95.8 cm³/mol. The van der Waals surface area contributed by atoms with Crippen molar-refractivity contribution >= 4 is 35.3 Å². The van der Waals surface area contributed by atoms with Crippen molar-refractivity contribution < 1.29 is 4.79 Å². The van der Waals surface area contributed by atoms with E-state index in [4.69, 9.17) is 0 Å². The molecular weight excluding hydrogens is 316 g/mol. The summed E-state index contributed by atoms with van der Waals surface area (Å²) in [6.45, 7) is 3.06. The van der Waals surface area contributed by atoms with Crippen LogP contribution in [0.2, 0.25) is 0 Å². The molecule has 1 aromatic carbocycles. The summed E-state index contributed by atoms with van der Waals surface area (Å²) in [4.78, 5) is 13.6. The number of thiophene rings is 1. The van der Waals surface area contributed by atoms with E-state index in [2.05, 4.69) is 35.1 Å². The molecule has 2 heterocycles. The minimum Gasteiger partial charge on any atom is -0.326 e. The second-order valence-corrected chi connectivity index (χ2v) is 6.57. The maximum atomic E-state index is 12.4. The number of halogens is 1. The maximum absolute atomic E-state index is 12.4. The molecule has 2 N–H and O–H groups in total. The van der Waals surface area contributed by atoms with Gasteiger partial charge in [0.2, 0.25) is 5.91 Å². The summed E-state index contributed by atoms with van der Waals surface area (Å²) < 4.78 is 0. The average Bonchev–Trinajstić information content (AvgIpc) is 3.02. The molecule has 0 saturated carbocycles. The Hall–Kier alpha value is -1.36. The number of amides is 1. The van der Waals surface area contributed by atoms with Gasteiger partial charge in [-0.3, -0.25) is 4.79 Å². The third-order valence-corrected chi connectivity index (χ3v) is 4.85. The van der Waals surface area contributed by atoms with Crippen molar-refractivity contribution in [2.75, 3.05) is 11.9 Å². The molecule has 1 amide bonds. The number of nitrogens with one attached hydrogen (secondary N) is 2. The van der Waals surface area contributed by atoms with Crippen LogP contribution in [0.4, 0.5) is 5.69 Å². The van der Waals surface area contributed by atoms with Crippen molar-refractivity contribution in [3.8, 4) is 10.4 Å². The van der Waals surface area contributed by atoms with E-state index in [0.717, 1.165) is 30.6 Å². The minimum atomic E-state index is 0. The average molecular weight is 337 g/mol. The van der Waals surface area contributed by atoms with Gasteiger partial charge in [0.1, 0.15) is 0 Å². The molecule has 0 bridgehead atoms. The molecule has 118 valence electrons. The molecule has 0 spiro atoms. The molecule has 22 heavy (non-hydrogen) atoms. The topological polar surface area (TPSA) is 41.1 Å². The number of rotatable bonds is 3. The van der Waals surface area contributed by atoms with Crippen molar-refractivity contribution in [2.24, 2.45) is 5.92 Å². The minimum absolute atomic E-state index is 0. The molecule has 0 unspecified atom stereocenters. The number of hydrogen-bond donors (Lipinski definition) is 2. The van der Waals surface area contributed by atoms with E-state index in [-0.39, 0.29) is 24.2 Å². The van der Waals surface area contributed by atoms with E-state index in [1.54, 1.807) is 11.3 Å². The monoisotopic (exact) mass is 336 g/mol. The lowest BCUT2D eigenvalue weighted by Gasteiger charge is -2.27. The third-order valence-electron chi connectivity index (χ3n) is 3.93. The Morgan fingerprint density at radius 2 is 2.18 bits per heavy atom. The lowest BCUT2D eigenvalue weighted by molar-refractivity contribution is -0.120. The van der Waals surface area contributed by atoms with E-state index in [0.29, 0.717) is 6.04 Å². The van der Waals surface area contributed by atoms with Crippen molar-refractivity contribution in [1.82, 2.24) is 5.32 Å². The molecule has 0 radical (unpaired) electrons. The van der Waals surface area contributed by atoms with Crippen molar-refractivity contribution in [1.29, 1.82) is 0 Å². The molecule has 1 fully saturated rings. The Morgan fingerprint density at radius 1 is 1.32 bits per heavy atom. The zero-order chi connectivity index (χ0) is 14.7. The van der Waals surface area contributed by atoms with Gasteiger partial charge in [0.15, 0.2) is 0 Å². The van der Waals surface area contributed by atoms with Crippen molar-refractivity contribution in [3.63, 3.8) is 0 Å². The third kappa shape index (κ3) is 4.09. The highest BCUT2D eigenvalue weighted by molar-refractivity contribution is 7.13. The van der Waals surface area contributed by atoms with Crippen LogP contribution >= 0.6 is 23.7 Å². The number of carbonyl (C=O) groups excluding carboxylic acids is 1. The molecule has 1 aromatic heterocycles. The Balaban J connectivity index is 0.00000176. The van der Waals surface area contributed by atoms with Gasteiger partial charge in [0, 0.05) is 22.5 Å². The molecule has 3 rings (SSSR count). The van der Waals surface area contributed by atoms with Crippen LogP contribution in [0, 0.1) is 5.92 Å². The van der Waals surface area contributed by atoms with E-state index in [1.165, 1.54) is 4.88 Å². The normalized spacial score (nSPS) is 21.0. The van der Waals surface area contributed by atoms with Gasteiger partial charge >= 0.3 is 0 Å². The van der Waals surface area contributed by atoms with Crippen LogP contribution in [0.1, 0.15) is 19.8 Å². The number of anilines is 1. The van der Waals surface area contributed by atoms with Gasteiger partial charge in [0.25, 0.3) is 0 Å². The zero-order valence-electron chi connectivity index (χ0n) is 12.5. The number of carbonyl (C=O) groups is 1. The van der Waals surface area contributed by atoms with Gasteiger partial charge in [-0.05, 0) is 55.5 Å². The summed E-state index contributed by atoms with van der Waals surface area (Å²) >= 11 is 1.71. The summed E-state index contributed by atoms with van der Waals surface area (Å²) in [5.74, 6) is 0.262. The summed E-state index contributed by atoms with van der Waals surface area (Å²) in [7, 11) is 0. The standard InChI is InChI=1S/C17H20N2OS.ClH/c1-12-10-14(7-8-18-12)17(20)19-15-5-2-4-13(11-15)16-6-3-9-21-16;/h2-6,9,11-12,14,18H,7-8,10H2,1H3,(H,19,20);1H/t12-,14-;/m0./s1. The molecule has 2 atom stereocenters. The molecule has 1 saturated heterocycles. The summed E-state index contributed by atoms with van der Waals surface area (Å²) in [6.07, 6.45) is 1.83. The van der Waals surface area contributed by atoms with Crippen molar-refractivity contribution in [3.05, 3.63) is 41.8 Å². The first-order chi connectivity index (χ1) is 10.2. The Kier molecular flexibility index (Phi) is 6.00. The van der Waals surface area contributed by atoms with Crippen LogP contribution in [0.3, 0.4) is 0 Å². The number of hydrogen-bond acceptors (Lipinski definition) is 3. The summed E-state index contributed by atoms with van der Waals surface area (Å²) in [6, 6.07) is 12.6. The highest BCUT2D eigenvalue weighted by atomic mass is 35.5. The fourth-order valence-electron chi connectivity index (χ4n) is 2.81. The number of piperidine rings is 1. The van der Waals surface area contributed by atoms with Crippen LogP contribution in [-0.4, -0.2) is 18.5 Å². The molecule has 3 nitrogen and oxygen atoms in total. The smallest absolute Gasteiger partial charge is 0.227 e. The first-order valence-corrected chi connectivity index (χ1v) is 8.28. The van der Waals surface area contributed by atoms with Crippen LogP contribution < -0.4 is 10.6 Å². The largest absolute Gasteiger partial charge is 0.326 e. The van der Waals surface area contributed by atoms with Gasteiger partial charge in [0.05, 0.1) is 0 Å². The van der Waals surface area contributed by atoms with Crippen LogP contribution in [0.15, 0.2) is 41.8 Å². The SMILES string of the molecule is C[C@H]1C[C@@H](C(=O)Nc2cccc(-c3cccs3)c2)CCN1.Cl. The first kappa shape index (κ1) is 17.0. The van der Waals surface area contributed by atoms with Crippen molar-refractivity contribution in [2.45, 2.75) is 25.8 Å². The van der Waals surface area contributed by atoms with Crippen LogP contribution in [-0.2, 0) is 4.79 Å².